The van der Waals surface area contributed by atoms with Gasteiger partial charge in [-0.15, -0.1) is 0 Å². The summed E-state index contributed by atoms with van der Waals surface area (Å²) in [5.41, 5.74) is 9.72. The zero-order valence-electron chi connectivity index (χ0n) is 12.2. The van der Waals surface area contributed by atoms with E-state index in [2.05, 4.69) is 63.3 Å². The average molecular weight is 251 g/mol. The van der Waals surface area contributed by atoms with Crippen LogP contribution in [0.1, 0.15) is 39.4 Å². The van der Waals surface area contributed by atoms with Crippen LogP contribution >= 0.6 is 0 Å². The second-order valence-corrected chi connectivity index (χ2v) is 5.80. The van der Waals surface area contributed by atoms with E-state index in [0.29, 0.717) is 6.04 Å². The van der Waals surface area contributed by atoms with Gasteiger partial charge in [-0.05, 0) is 61.9 Å². The highest BCUT2D eigenvalue weighted by Gasteiger charge is 2.24. The van der Waals surface area contributed by atoms with E-state index in [1.165, 1.54) is 39.1 Å². The van der Waals surface area contributed by atoms with E-state index in [9.17, 15) is 0 Å². The molecule has 1 aliphatic rings. The molecular weight excluding hydrogens is 230 g/mol. The van der Waals surface area contributed by atoms with Crippen LogP contribution in [0.15, 0.2) is 30.3 Å². The summed E-state index contributed by atoms with van der Waals surface area (Å²) < 4.78 is 0. The van der Waals surface area contributed by atoms with Gasteiger partial charge in [0.15, 0.2) is 0 Å². The summed E-state index contributed by atoms with van der Waals surface area (Å²) in [6.45, 7) is 8.76. The topological polar surface area (TPSA) is 12.0 Å². The van der Waals surface area contributed by atoms with E-state index in [4.69, 9.17) is 0 Å². The van der Waals surface area contributed by atoms with Crippen molar-refractivity contribution in [3.05, 3.63) is 63.7 Å². The van der Waals surface area contributed by atoms with Gasteiger partial charge in [0.1, 0.15) is 0 Å². The largest absolute Gasteiger partial charge is 0.377 e. The van der Waals surface area contributed by atoms with E-state index in [1.807, 2.05) is 0 Å². The first-order valence-electron chi connectivity index (χ1n) is 6.99. The van der Waals surface area contributed by atoms with E-state index in [0.717, 1.165) is 6.42 Å². The van der Waals surface area contributed by atoms with Gasteiger partial charge in [0.25, 0.3) is 0 Å². The molecule has 0 aliphatic carbocycles. The maximum absolute atomic E-state index is 3.72. The van der Waals surface area contributed by atoms with Crippen LogP contribution in [0.4, 0.5) is 5.69 Å². The lowest BCUT2D eigenvalue weighted by molar-refractivity contribution is 0.815. The van der Waals surface area contributed by atoms with Gasteiger partial charge in [0.05, 0.1) is 6.04 Å². The van der Waals surface area contributed by atoms with Crippen LogP contribution in [0.2, 0.25) is 0 Å². The Morgan fingerprint density at radius 2 is 1.74 bits per heavy atom. The second kappa shape index (κ2) is 4.41. The quantitative estimate of drug-likeness (QED) is 0.779. The van der Waals surface area contributed by atoms with Crippen LogP contribution in [0.25, 0.3) is 0 Å². The van der Waals surface area contributed by atoms with Gasteiger partial charge in [-0.25, -0.2) is 0 Å². The Hall–Kier alpha value is -1.76. The molecule has 0 aromatic heterocycles. The van der Waals surface area contributed by atoms with E-state index in [1.54, 1.807) is 0 Å². The normalized spacial score (nSPS) is 17.2. The number of anilines is 1. The predicted molar refractivity (Wildman–Crippen MR) is 81.9 cm³/mol. The zero-order chi connectivity index (χ0) is 13.6. The van der Waals surface area contributed by atoms with Gasteiger partial charge in [0.2, 0.25) is 0 Å². The van der Waals surface area contributed by atoms with Crippen molar-refractivity contribution in [2.24, 2.45) is 0 Å². The molecule has 1 aliphatic heterocycles. The number of hydrogen-bond acceptors (Lipinski definition) is 1. The van der Waals surface area contributed by atoms with E-state index in [-0.39, 0.29) is 0 Å². The molecule has 19 heavy (non-hydrogen) atoms. The number of nitrogens with one attached hydrogen (secondary N) is 1. The fraction of sp³-hybridized carbons (Fsp3) is 0.333. The minimum Gasteiger partial charge on any atom is -0.377 e. The smallest absolute Gasteiger partial charge is 0.0557 e. The van der Waals surface area contributed by atoms with Crippen molar-refractivity contribution in [2.45, 2.75) is 40.2 Å². The first-order valence-corrected chi connectivity index (χ1v) is 6.99. The minimum atomic E-state index is 0.427. The molecule has 0 saturated heterocycles. The first kappa shape index (κ1) is 12.3. The highest BCUT2D eigenvalue weighted by atomic mass is 15.0. The van der Waals surface area contributed by atoms with Crippen molar-refractivity contribution in [3.8, 4) is 0 Å². The fourth-order valence-corrected chi connectivity index (χ4v) is 3.09. The number of hydrogen-bond donors (Lipinski definition) is 1. The third-order valence-corrected chi connectivity index (χ3v) is 4.37. The predicted octanol–water partition coefficient (Wildman–Crippen LogP) is 4.63. The maximum Gasteiger partial charge on any atom is 0.0557 e. The highest BCUT2D eigenvalue weighted by Crippen LogP contribution is 2.38. The van der Waals surface area contributed by atoms with Crippen molar-refractivity contribution >= 4 is 5.69 Å². The standard InChI is InChI=1S/C18H21N/c1-11-5-8-16(13(3)9-11)17-10-15-7-6-12(2)14(4)18(15)19-17/h5-9,17,19H,10H2,1-4H3. The van der Waals surface area contributed by atoms with Gasteiger partial charge >= 0.3 is 0 Å². The Morgan fingerprint density at radius 1 is 0.947 bits per heavy atom. The third kappa shape index (κ3) is 2.03. The summed E-state index contributed by atoms with van der Waals surface area (Å²) >= 11 is 0. The van der Waals surface area contributed by atoms with Crippen LogP contribution in [0.5, 0.6) is 0 Å². The number of fused-ring (bicyclic) bond motifs is 1. The molecule has 1 N–H and O–H groups in total. The number of aryl methyl sites for hydroxylation is 3. The van der Waals surface area contributed by atoms with Crippen molar-refractivity contribution in [3.63, 3.8) is 0 Å². The molecule has 1 nitrogen and oxygen atoms in total. The Morgan fingerprint density at radius 3 is 2.47 bits per heavy atom. The SMILES string of the molecule is Cc1ccc(C2Cc3ccc(C)c(C)c3N2)c(C)c1. The molecule has 0 bridgehead atoms. The molecule has 98 valence electrons. The van der Waals surface area contributed by atoms with Gasteiger partial charge in [-0.1, -0.05) is 35.9 Å². The molecular formula is C18H21N. The summed E-state index contributed by atoms with van der Waals surface area (Å²) in [6.07, 6.45) is 1.10. The van der Waals surface area contributed by atoms with E-state index >= 15 is 0 Å². The Bertz CT molecular complexity index is 640. The molecule has 1 heterocycles. The average Bonchev–Trinajstić information content (AvgIpc) is 2.78. The molecule has 1 atom stereocenters. The zero-order valence-corrected chi connectivity index (χ0v) is 12.2. The van der Waals surface area contributed by atoms with Crippen LogP contribution in [0.3, 0.4) is 0 Å². The highest BCUT2D eigenvalue weighted by molar-refractivity contribution is 5.65. The fourth-order valence-electron chi connectivity index (χ4n) is 3.09. The van der Waals surface area contributed by atoms with Crippen LogP contribution in [0, 0.1) is 27.7 Å². The Kier molecular flexibility index (Phi) is 2.85. The lowest BCUT2D eigenvalue weighted by Crippen LogP contribution is -2.08. The molecule has 2 aromatic carbocycles. The molecule has 0 radical (unpaired) electrons. The van der Waals surface area contributed by atoms with Crippen LogP contribution in [-0.4, -0.2) is 0 Å². The van der Waals surface area contributed by atoms with E-state index < -0.39 is 0 Å². The molecule has 0 amide bonds. The monoisotopic (exact) mass is 251 g/mol. The van der Waals surface area contributed by atoms with Gasteiger partial charge in [-0.3, -0.25) is 0 Å². The summed E-state index contributed by atoms with van der Waals surface area (Å²) in [7, 11) is 0. The van der Waals surface area contributed by atoms with Crippen molar-refractivity contribution in [1.29, 1.82) is 0 Å². The number of benzene rings is 2. The Balaban J connectivity index is 1.97. The third-order valence-electron chi connectivity index (χ3n) is 4.37. The summed E-state index contributed by atoms with van der Waals surface area (Å²) in [5, 5.41) is 3.72. The summed E-state index contributed by atoms with van der Waals surface area (Å²) in [5.74, 6) is 0. The lowest BCUT2D eigenvalue weighted by atomic mass is 9.96. The van der Waals surface area contributed by atoms with Gasteiger partial charge in [0, 0.05) is 5.69 Å². The van der Waals surface area contributed by atoms with Crippen molar-refractivity contribution in [1.82, 2.24) is 0 Å². The molecule has 2 aromatic rings. The van der Waals surface area contributed by atoms with Crippen LogP contribution in [-0.2, 0) is 6.42 Å². The first-order chi connectivity index (χ1) is 9.06. The number of rotatable bonds is 1. The Labute approximate surface area is 115 Å². The van der Waals surface area contributed by atoms with Crippen LogP contribution < -0.4 is 5.32 Å². The molecule has 1 heteroatoms. The maximum atomic E-state index is 3.72. The molecule has 0 fully saturated rings. The molecule has 0 saturated carbocycles. The molecule has 1 unspecified atom stereocenters. The second-order valence-electron chi connectivity index (χ2n) is 5.80. The summed E-state index contributed by atoms with van der Waals surface area (Å²) in [6, 6.07) is 11.7. The van der Waals surface area contributed by atoms with Crippen molar-refractivity contribution in [2.75, 3.05) is 5.32 Å². The summed E-state index contributed by atoms with van der Waals surface area (Å²) in [4.78, 5) is 0. The van der Waals surface area contributed by atoms with Crippen molar-refractivity contribution < 1.29 is 0 Å². The molecule has 3 rings (SSSR count). The van der Waals surface area contributed by atoms with Gasteiger partial charge in [-0.2, -0.15) is 0 Å². The minimum absolute atomic E-state index is 0.427. The molecule has 0 spiro atoms. The van der Waals surface area contributed by atoms with Gasteiger partial charge < -0.3 is 5.32 Å². The lowest BCUT2D eigenvalue weighted by Gasteiger charge is -2.16.